The predicted octanol–water partition coefficient (Wildman–Crippen LogP) is 4.80. The van der Waals surface area contributed by atoms with E-state index in [0.29, 0.717) is 23.5 Å². The summed E-state index contributed by atoms with van der Waals surface area (Å²) in [6.45, 7) is 8.82. The average molecular weight is 523 g/mol. The van der Waals surface area contributed by atoms with E-state index in [1.807, 2.05) is 68.6 Å². The van der Waals surface area contributed by atoms with Crippen molar-refractivity contribution in [2.45, 2.75) is 6.92 Å². The molecule has 39 heavy (non-hydrogen) atoms. The van der Waals surface area contributed by atoms with Crippen molar-refractivity contribution in [2.75, 3.05) is 55.8 Å². The maximum Gasteiger partial charge on any atom is 0.227 e. The second-order valence-corrected chi connectivity index (χ2v) is 8.82. The Morgan fingerprint density at radius 1 is 1.00 bits per heavy atom. The van der Waals surface area contributed by atoms with Crippen molar-refractivity contribution in [3.63, 3.8) is 0 Å². The summed E-state index contributed by atoms with van der Waals surface area (Å²) in [7, 11) is 4.02. The molecule has 0 atom stereocenters. The highest BCUT2D eigenvalue weighted by molar-refractivity contribution is 5.82. The number of piperazine rings is 1. The fourth-order valence-electron chi connectivity index (χ4n) is 3.88. The lowest BCUT2D eigenvalue weighted by Gasteiger charge is -2.33. The summed E-state index contributed by atoms with van der Waals surface area (Å²) in [6.07, 6.45) is 5.37. The highest BCUT2D eigenvalue weighted by Gasteiger charge is 2.18. The van der Waals surface area contributed by atoms with Crippen LogP contribution < -0.4 is 15.5 Å². The van der Waals surface area contributed by atoms with Crippen molar-refractivity contribution in [2.24, 2.45) is 0 Å². The maximum absolute atomic E-state index is 9.58. The third-order valence-electron chi connectivity index (χ3n) is 6.02. The molecule has 5 rings (SSSR count). The van der Waals surface area contributed by atoms with Crippen LogP contribution in [0.25, 0.3) is 10.9 Å². The topological polar surface area (TPSA) is 110 Å². The maximum atomic E-state index is 9.58. The average Bonchev–Trinajstić information content (AvgIpc) is 2.99. The highest BCUT2D eigenvalue weighted by atomic mass is 16.1. The molecule has 0 saturated carbocycles. The molecule has 3 heterocycles. The van der Waals surface area contributed by atoms with Gasteiger partial charge in [-0.2, -0.15) is 5.26 Å². The number of nitriles is 1. The molecular formula is C30H34N8O. The van der Waals surface area contributed by atoms with E-state index in [4.69, 9.17) is 4.79 Å². The smallest absolute Gasteiger partial charge is 0.227 e. The SMILES string of the molecule is C=CC=O.CNc1ccccc1.Cc1cccc2cnc(Nc3cnc(N4CCN(C)CC4)c(C#N)c3)nc12. The predicted molar refractivity (Wildman–Crippen MR) is 158 cm³/mol. The molecule has 200 valence electrons. The van der Waals surface area contributed by atoms with E-state index in [9.17, 15) is 5.26 Å². The number of carbonyl (C=O) groups excluding carboxylic acids is 1. The van der Waals surface area contributed by atoms with E-state index < -0.39 is 0 Å². The Morgan fingerprint density at radius 3 is 2.33 bits per heavy atom. The van der Waals surface area contributed by atoms with Crippen molar-refractivity contribution >= 4 is 40.3 Å². The number of nitrogens with one attached hydrogen (secondary N) is 2. The van der Waals surface area contributed by atoms with Gasteiger partial charge in [-0.15, -0.1) is 0 Å². The van der Waals surface area contributed by atoms with Gasteiger partial charge in [0.15, 0.2) is 0 Å². The quantitative estimate of drug-likeness (QED) is 0.282. The molecule has 0 amide bonds. The third-order valence-corrected chi connectivity index (χ3v) is 6.02. The summed E-state index contributed by atoms with van der Waals surface area (Å²) >= 11 is 0. The Kier molecular flexibility index (Phi) is 10.9. The van der Waals surface area contributed by atoms with Crippen molar-refractivity contribution in [1.82, 2.24) is 19.9 Å². The van der Waals surface area contributed by atoms with Crippen LogP contribution in [0, 0.1) is 18.3 Å². The number of carbonyl (C=O) groups is 1. The Labute approximate surface area is 229 Å². The van der Waals surface area contributed by atoms with Gasteiger partial charge in [0.2, 0.25) is 5.95 Å². The minimum atomic E-state index is 0.495. The zero-order valence-electron chi connectivity index (χ0n) is 22.6. The number of aryl methyl sites for hydroxylation is 1. The lowest BCUT2D eigenvalue weighted by Crippen LogP contribution is -2.45. The molecule has 2 aromatic heterocycles. The number of para-hydroxylation sites is 2. The van der Waals surface area contributed by atoms with Crippen molar-refractivity contribution in [1.29, 1.82) is 5.26 Å². The van der Waals surface area contributed by atoms with Gasteiger partial charge in [0.25, 0.3) is 0 Å². The van der Waals surface area contributed by atoms with Crippen molar-refractivity contribution in [3.8, 4) is 6.07 Å². The van der Waals surface area contributed by atoms with Gasteiger partial charge in [0, 0.05) is 50.5 Å². The monoisotopic (exact) mass is 522 g/mol. The van der Waals surface area contributed by atoms with Gasteiger partial charge < -0.3 is 20.4 Å². The second-order valence-electron chi connectivity index (χ2n) is 8.82. The minimum absolute atomic E-state index is 0.495. The van der Waals surface area contributed by atoms with Gasteiger partial charge in [-0.1, -0.05) is 43.0 Å². The van der Waals surface area contributed by atoms with E-state index in [2.05, 4.69) is 55.1 Å². The Morgan fingerprint density at radius 2 is 1.72 bits per heavy atom. The van der Waals surface area contributed by atoms with Gasteiger partial charge in [0.1, 0.15) is 18.2 Å². The molecular weight excluding hydrogens is 488 g/mol. The number of rotatable bonds is 5. The standard InChI is InChI=1S/C20H21N7.C7H9N.C3H4O/c1-14-4-3-5-15-12-23-20(25-18(14)15)24-17-10-16(11-21)19(22-13-17)27-8-6-26(2)7-9-27;1-8-7-5-3-2-4-6-7;1-2-3-4/h3-5,10,12-13H,6-9H2,1-2H3,(H,23,24,25);2-6,8H,1H3;2-3H,1H2. The molecule has 1 aliphatic heterocycles. The first-order chi connectivity index (χ1) is 19.0. The van der Waals surface area contributed by atoms with Gasteiger partial charge in [0.05, 0.1) is 23.0 Å². The number of allylic oxidation sites excluding steroid dienone is 1. The van der Waals surface area contributed by atoms with E-state index in [1.54, 1.807) is 12.4 Å². The van der Waals surface area contributed by atoms with Gasteiger partial charge >= 0.3 is 0 Å². The summed E-state index contributed by atoms with van der Waals surface area (Å²) < 4.78 is 0. The van der Waals surface area contributed by atoms with Crippen LogP contribution in [0.2, 0.25) is 0 Å². The number of aldehydes is 1. The first-order valence-electron chi connectivity index (χ1n) is 12.6. The number of benzene rings is 2. The van der Waals surface area contributed by atoms with E-state index in [0.717, 1.165) is 54.2 Å². The minimum Gasteiger partial charge on any atom is -0.388 e. The molecule has 2 N–H and O–H groups in total. The largest absolute Gasteiger partial charge is 0.388 e. The first-order valence-corrected chi connectivity index (χ1v) is 12.6. The zero-order valence-corrected chi connectivity index (χ0v) is 22.6. The lowest BCUT2D eigenvalue weighted by atomic mass is 10.1. The number of hydrogen-bond acceptors (Lipinski definition) is 9. The zero-order chi connectivity index (χ0) is 28.0. The van der Waals surface area contributed by atoms with Crippen LogP contribution in [0.4, 0.5) is 23.1 Å². The van der Waals surface area contributed by atoms with Crippen molar-refractivity contribution in [3.05, 3.63) is 90.8 Å². The molecule has 0 radical (unpaired) electrons. The van der Waals surface area contributed by atoms with Crippen LogP contribution in [-0.2, 0) is 4.79 Å². The molecule has 2 aromatic carbocycles. The fraction of sp³-hybridized carbons (Fsp3) is 0.233. The molecule has 1 saturated heterocycles. The highest BCUT2D eigenvalue weighted by Crippen LogP contribution is 2.24. The lowest BCUT2D eigenvalue weighted by molar-refractivity contribution is -0.104. The number of fused-ring (bicyclic) bond motifs is 1. The number of anilines is 4. The summed E-state index contributed by atoms with van der Waals surface area (Å²) in [5.41, 5.74) is 4.43. The van der Waals surface area contributed by atoms with E-state index in [1.165, 1.54) is 6.08 Å². The number of aromatic nitrogens is 3. The van der Waals surface area contributed by atoms with Crippen molar-refractivity contribution < 1.29 is 4.79 Å². The van der Waals surface area contributed by atoms with Gasteiger partial charge in [-0.05, 0) is 43.8 Å². The molecule has 1 fully saturated rings. The van der Waals surface area contributed by atoms with Crippen LogP contribution in [-0.4, -0.2) is 66.4 Å². The number of hydrogen-bond donors (Lipinski definition) is 2. The summed E-state index contributed by atoms with van der Waals surface area (Å²) in [5, 5.41) is 16.8. The Bertz CT molecular complexity index is 1400. The van der Waals surface area contributed by atoms with Gasteiger partial charge in [-0.25, -0.2) is 15.0 Å². The first kappa shape index (κ1) is 28.8. The number of likely N-dealkylation sites (N-methyl/N-ethyl adjacent to an activating group) is 1. The van der Waals surface area contributed by atoms with Crippen LogP contribution in [0.5, 0.6) is 0 Å². The summed E-state index contributed by atoms with van der Waals surface area (Å²) in [5.74, 6) is 1.24. The number of pyridine rings is 1. The summed E-state index contributed by atoms with van der Waals surface area (Å²) in [6, 6.07) is 20.2. The molecule has 0 aliphatic carbocycles. The van der Waals surface area contributed by atoms with E-state index >= 15 is 0 Å². The Balaban J connectivity index is 0.000000291. The van der Waals surface area contributed by atoms with E-state index in [-0.39, 0.29) is 0 Å². The van der Waals surface area contributed by atoms with Gasteiger partial charge in [-0.3, -0.25) is 4.79 Å². The van der Waals surface area contributed by atoms with Crippen LogP contribution in [0.15, 0.2) is 79.6 Å². The second kappa shape index (κ2) is 14.8. The molecule has 0 spiro atoms. The molecule has 0 bridgehead atoms. The summed E-state index contributed by atoms with van der Waals surface area (Å²) in [4.78, 5) is 27.0. The Hall–Kier alpha value is -4.81. The molecule has 9 nitrogen and oxygen atoms in total. The third kappa shape index (κ3) is 8.35. The molecule has 0 unspecified atom stereocenters. The normalized spacial score (nSPS) is 12.6. The van der Waals surface area contributed by atoms with Crippen LogP contribution >= 0.6 is 0 Å². The molecule has 1 aliphatic rings. The van der Waals surface area contributed by atoms with Crippen LogP contribution in [0.3, 0.4) is 0 Å². The fourth-order valence-corrected chi connectivity index (χ4v) is 3.88. The molecule has 4 aromatic rings. The molecule has 9 heteroatoms. The number of nitrogens with zero attached hydrogens (tertiary/aromatic N) is 6. The van der Waals surface area contributed by atoms with Crippen LogP contribution in [0.1, 0.15) is 11.1 Å².